The van der Waals surface area contributed by atoms with E-state index in [1.165, 1.54) is 13.2 Å². The molecule has 0 saturated heterocycles. The zero-order valence-corrected chi connectivity index (χ0v) is 17.4. The summed E-state index contributed by atoms with van der Waals surface area (Å²) in [5, 5.41) is 3.41. The number of amides is 1. The molecule has 0 aliphatic heterocycles. The lowest BCUT2D eigenvalue weighted by Gasteiger charge is -2.30. The lowest BCUT2D eigenvalue weighted by atomic mass is 10.1. The molecule has 2 rings (SSSR count). The Morgan fingerprint density at radius 1 is 1.22 bits per heavy atom. The maximum atomic E-state index is 12.8. The smallest absolute Gasteiger partial charge is 0.248 e. The number of halogens is 2. The van der Waals surface area contributed by atoms with Crippen LogP contribution in [0, 0.1) is 0 Å². The molecule has 0 aliphatic carbocycles. The highest BCUT2D eigenvalue weighted by atomic mass is 35.5. The van der Waals surface area contributed by atoms with E-state index in [1.807, 2.05) is 0 Å². The summed E-state index contributed by atoms with van der Waals surface area (Å²) in [7, 11) is -2.30. The third-order valence-corrected chi connectivity index (χ3v) is 5.52. The molecule has 0 aliphatic rings. The molecule has 0 radical (unpaired) electrons. The fourth-order valence-electron chi connectivity index (χ4n) is 2.64. The van der Waals surface area contributed by atoms with Crippen LogP contribution in [0.25, 0.3) is 0 Å². The number of anilines is 2. The van der Waals surface area contributed by atoms with Gasteiger partial charge in [-0.15, -0.1) is 0 Å². The van der Waals surface area contributed by atoms with Gasteiger partial charge in [-0.2, -0.15) is 0 Å². The number of ether oxygens (including phenoxy) is 1. The van der Waals surface area contributed by atoms with Crippen molar-refractivity contribution in [1.82, 2.24) is 0 Å². The highest BCUT2D eigenvalue weighted by molar-refractivity contribution is 7.92. The summed E-state index contributed by atoms with van der Waals surface area (Å²) < 4.78 is 31.1. The SMILES string of the molecule is CC[C@H](C(=O)Nc1cccc(Cl)c1)N(c1ccc(OC)c(Cl)c1)S(C)(=O)=O. The number of nitrogens with one attached hydrogen (secondary N) is 1. The van der Waals surface area contributed by atoms with Crippen molar-refractivity contribution < 1.29 is 17.9 Å². The zero-order chi connectivity index (χ0) is 20.2. The minimum absolute atomic E-state index is 0.244. The summed E-state index contributed by atoms with van der Waals surface area (Å²) in [6, 6.07) is 10.2. The van der Waals surface area contributed by atoms with Crippen molar-refractivity contribution in [2.45, 2.75) is 19.4 Å². The van der Waals surface area contributed by atoms with Crippen molar-refractivity contribution >= 4 is 50.5 Å². The van der Waals surface area contributed by atoms with Gasteiger partial charge in [0.2, 0.25) is 15.9 Å². The molecular weight excluding hydrogens is 411 g/mol. The van der Waals surface area contributed by atoms with Crippen molar-refractivity contribution in [2.24, 2.45) is 0 Å². The maximum Gasteiger partial charge on any atom is 0.248 e. The number of methoxy groups -OCH3 is 1. The van der Waals surface area contributed by atoms with Crippen LogP contribution in [0.5, 0.6) is 5.75 Å². The van der Waals surface area contributed by atoms with Crippen molar-refractivity contribution in [2.75, 3.05) is 23.0 Å². The molecule has 0 fully saturated rings. The average molecular weight is 431 g/mol. The Bertz CT molecular complexity index is 935. The molecule has 0 bridgehead atoms. The molecule has 27 heavy (non-hydrogen) atoms. The van der Waals surface area contributed by atoms with Gasteiger partial charge in [0.15, 0.2) is 0 Å². The lowest BCUT2D eigenvalue weighted by Crippen LogP contribution is -2.47. The Balaban J connectivity index is 2.41. The Hall–Kier alpha value is -1.96. The lowest BCUT2D eigenvalue weighted by molar-refractivity contribution is -0.117. The predicted molar refractivity (Wildman–Crippen MR) is 109 cm³/mol. The maximum absolute atomic E-state index is 12.8. The van der Waals surface area contributed by atoms with E-state index in [4.69, 9.17) is 27.9 Å². The second kappa shape index (κ2) is 8.82. The predicted octanol–water partition coefficient (Wildman–Crippen LogP) is 4.19. The van der Waals surface area contributed by atoms with E-state index in [0.29, 0.717) is 16.5 Å². The van der Waals surface area contributed by atoms with Crippen LogP contribution >= 0.6 is 23.2 Å². The average Bonchev–Trinajstić information content (AvgIpc) is 2.58. The molecule has 9 heteroatoms. The number of benzene rings is 2. The number of sulfonamides is 1. The van der Waals surface area contributed by atoms with Gasteiger partial charge >= 0.3 is 0 Å². The van der Waals surface area contributed by atoms with Gasteiger partial charge in [-0.05, 0) is 42.8 Å². The van der Waals surface area contributed by atoms with Gasteiger partial charge in [-0.3, -0.25) is 9.10 Å². The molecular formula is C18H20Cl2N2O4S. The molecule has 0 saturated carbocycles. The van der Waals surface area contributed by atoms with Crippen LogP contribution in [0.3, 0.4) is 0 Å². The summed E-state index contributed by atoms with van der Waals surface area (Å²) >= 11 is 12.1. The molecule has 146 valence electrons. The summed E-state index contributed by atoms with van der Waals surface area (Å²) in [4.78, 5) is 12.8. The van der Waals surface area contributed by atoms with E-state index < -0.39 is 22.0 Å². The molecule has 1 atom stereocenters. The highest BCUT2D eigenvalue weighted by Gasteiger charge is 2.32. The van der Waals surface area contributed by atoms with Gasteiger partial charge in [-0.25, -0.2) is 8.42 Å². The number of carbonyl (C=O) groups is 1. The van der Waals surface area contributed by atoms with Crippen molar-refractivity contribution in [3.05, 3.63) is 52.5 Å². The Morgan fingerprint density at radius 2 is 1.93 bits per heavy atom. The number of carbonyl (C=O) groups excluding carboxylic acids is 1. The van der Waals surface area contributed by atoms with Gasteiger partial charge in [0.1, 0.15) is 11.8 Å². The van der Waals surface area contributed by atoms with Crippen molar-refractivity contribution in [1.29, 1.82) is 0 Å². The van der Waals surface area contributed by atoms with Crippen LogP contribution in [0.15, 0.2) is 42.5 Å². The highest BCUT2D eigenvalue weighted by Crippen LogP contribution is 2.32. The standard InChI is InChI=1S/C18H20Cl2N2O4S/c1-4-16(18(23)21-13-7-5-6-12(19)10-13)22(27(3,24)25)14-8-9-17(26-2)15(20)11-14/h5-11,16H,4H2,1-3H3,(H,21,23)/t16-/m1/s1. The first-order valence-corrected chi connectivity index (χ1v) is 10.7. The molecule has 0 heterocycles. The monoisotopic (exact) mass is 430 g/mol. The molecule has 0 aromatic heterocycles. The molecule has 2 aromatic rings. The number of nitrogens with zero attached hydrogens (tertiary/aromatic N) is 1. The first-order valence-electron chi connectivity index (χ1n) is 8.06. The van der Waals surface area contributed by atoms with Gasteiger partial charge in [0.25, 0.3) is 0 Å². The Labute approximate surface area is 169 Å². The fourth-order valence-corrected chi connectivity index (χ4v) is 4.29. The number of rotatable bonds is 7. The van der Waals surface area contributed by atoms with Gasteiger partial charge in [0, 0.05) is 10.7 Å². The van der Waals surface area contributed by atoms with E-state index in [1.54, 1.807) is 43.3 Å². The van der Waals surface area contributed by atoms with Crippen molar-refractivity contribution in [3.63, 3.8) is 0 Å². The molecule has 1 amide bonds. The van der Waals surface area contributed by atoms with Crippen LogP contribution in [-0.2, 0) is 14.8 Å². The van der Waals surface area contributed by atoms with Gasteiger partial charge in [0.05, 0.1) is 24.1 Å². The molecule has 6 nitrogen and oxygen atoms in total. The first kappa shape index (κ1) is 21.3. The summed E-state index contributed by atoms with van der Waals surface area (Å²) in [5.74, 6) is -0.0672. The van der Waals surface area contributed by atoms with E-state index in [-0.39, 0.29) is 17.1 Å². The normalized spacial score (nSPS) is 12.3. The topological polar surface area (TPSA) is 75.7 Å². The van der Waals surface area contributed by atoms with E-state index in [2.05, 4.69) is 5.32 Å². The van der Waals surface area contributed by atoms with Crippen LogP contribution < -0.4 is 14.4 Å². The van der Waals surface area contributed by atoms with Gasteiger partial charge in [-0.1, -0.05) is 36.2 Å². The quantitative estimate of drug-likeness (QED) is 0.714. The Morgan fingerprint density at radius 3 is 2.44 bits per heavy atom. The number of hydrogen-bond donors (Lipinski definition) is 1. The second-order valence-corrected chi connectivity index (χ2v) is 8.50. The summed E-state index contributed by atoms with van der Waals surface area (Å²) in [6.45, 7) is 1.73. The van der Waals surface area contributed by atoms with Crippen LogP contribution in [0.1, 0.15) is 13.3 Å². The van der Waals surface area contributed by atoms with E-state index in [0.717, 1.165) is 10.6 Å². The first-order chi connectivity index (χ1) is 12.7. The minimum Gasteiger partial charge on any atom is -0.495 e. The molecule has 0 spiro atoms. The fraction of sp³-hybridized carbons (Fsp3) is 0.278. The second-order valence-electron chi connectivity index (χ2n) is 5.80. The summed E-state index contributed by atoms with van der Waals surface area (Å²) in [6.07, 6.45) is 1.30. The Kier molecular flexibility index (Phi) is 6.97. The van der Waals surface area contributed by atoms with Crippen LogP contribution in [0.4, 0.5) is 11.4 Å². The summed E-state index contributed by atoms with van der Waals surface area (Å²) in [5.41, 5.74) is 0.753. The van der Waals surface area contributed by atoms with Crippen LogP contribution in [-0.4, -0.2) is 33.7 Å². The molecule has 2 aromatic carbocycles. The zero-order valence-electron chi connectivity index (χ0n) is 15.1. The molecule has 1 N–H and O–H groups in total. The van der Waals surface area contributed by atoms with Gasteiger partial charge < -0.3 is 10.1 Å². The molecule has 0 unspecified atom stereocenters. The third kappa shape index (κ3) is 5.28. The van der Waals surface area contributed by atoms with E-state index in [9.17, 15) is 13.2 Å². The third-order valence-electron chi connectivity index (χ3n) is 3.81. The minimum atomic E-state index is -3.76. The van der Waals surface area contributed by atoms with E-state index >= 15 is 0 Å². The largest absolute Gasteiger partial charge is 0.495 e. The number of hydrogen-bond acceptors (Lipinski definition) is 4. The van der Waals surface area contributed by atoms with Crippen molar-refractivity contribution in [3.8, 4) is 5.75 Å². The van der Waals surface area contributed by atoms with Crippen LogP contribution in [0.2, 0.25) is 10.0 Å².